The van der Waals surface area contributed by atoms with E-state index in [2.05, 4.69) is 15.6 Å². The Bertz CT molecular complexity index is 789. The molecule has 4 nitrogen and oxygen atoms in total. The number of halogens is 1. The molecule has 2 amide bonds. The molecule has 2 aromatic heterocycles. The second kappa shape index (κ2) is 6.60. The van der Waals surface area contributed by atoms with Crippen LogP contribution in [0.4, 0.5) is 15.5 Å². The lowest BCUT2D eigenvalue weighted by Gasteiger charge is -2.07. The fraction of sp³-hybridized carbons (Fsp3) is 0. The molecule has 0 aliphatic heterocycles. The van der Waals surface area contributed by atoms with Gasteiger partial charge in [0.25, 0.3) is 0 Å². The molecule has 0 saturated heterocycles. The number of thiophene rings is 1. The third-order valence-corrected chi connectivity index (χ3v) is 4.23. The minimum Gasteiger partial charge on any atom is -0.306 e. The number of carbonyl (C=O) groups excluding carboxylic acids is 1. The first-order valence-corrected chi connectivity index (χ1v) is 7.75. The number of nitrogens with zero attached hydrogens (tertiary/aromatic N) is 1. The zero-order valence-corrected chi connectivity index (χ0v) is 13.0. The Hall–Kier alpha value is -2.37. The second-order valence-electron chi connectivity index (χ2n) is 4.44. The lowest BCUT2D eigenvalue weighted by molar-refractivity contribution is 0.262. The normalized spacial score (nSPS) is 10.2. The van der Waals surface area contributed by atoms with Gasteiger partial charge in [-0.25, -0.2) is 4.79 Å². The van der Waals surface area contributed by atoms with E-state index in [1.165, 1.54) is 11.3 Å². The van der Waals surface area contributed by atoms with E-state index in [1.807, 2.05) is 42.5 Å². The van der Waals surface area contributed by atoms with Crippen molar-refractivity contribution in [1.29, 1.82) is 0 Å². The predicted molar refractivity (Wildman–Crippen MR) is 91.6 cm³/mol. The Balaban J connectivity index is 1.68. The van der Waals surface area contributed by atoms with Crippen LogP contribution in [0.15, 0.2) is 60.8 Å². The summed E-state index contributed by atoms with van der Waals surface area (Å²) in [5.41, 5.74) is 1.45. The van der Waals surface area contributed by atoms with Crippen LogP contribution in [0.1, 0.15) is 0 Å². The molecule has 0 bridgehead atoms. The number of rotatable bonds is 3. The minimum atomic E-state index is -0.331. The number of pyridine rings is 1. The van der Waals surface area contributed by atoms with Gasteiger partial charge in [-0.2, -0.15) is 0 Å². The second-order valence-corrected chi connectivity index (χ2v) is 5.93. The van der Waals surface area contributed by atoms with Crippen LogP contribution in [0, 0.1) is 0 Å². The van der Waals surface area contributed by atoms with Crippen molar-refractivity contribution in [2.24, 2.45) is 0 Å². The summed E-state index contributed by atoms with van der Waals surface area (Å²) in [7, 11) is 0. The van der Waals surface area contributed by atoms with Crippen LogP contribution in [0.2, 0.25) is 5.02 Å². The van der Waals surface area contributed by atoms with Gasteiger partial charge in [0, 0.05) is 6.20 Å². The van der Waals surface area contributed by atoms with Crippen molar-refractivity contribution in [2.75, 3.05) is 10.6 Å². The lowest BCUT2D eigenvalue weighted by Crippen LogP contribution is -2.18. The van der Waals surface area contributed by atoms with E-state index in [0.29, 0.717) is 10.7 Å². The van der Waals surface area contributed by atoms with Gasteiger partial charge in [-0.1, -0.05) is 29.8 Å². The van der Waals surface area contributed by atoms with Crippen LogP contribution in [-0.2, 0) is 0 Å². The van der Waals surface area contributed by atoms with Crippen LogP contribution in [0.3, 0.4) is 0 Å². The molecule has 22 heavy (non-hydrogen) atoms. The molecule has 3 rings (SSSR count). The number of anilines is 2. The van der Waals surface area contributed by atoms with Crippen molar-refractivity contribution in [3.63, 3.8) is 0 Å². The van der Waals surface area contributed by atoms with E-state index in [-0.39, 0.29) is 6.03 Å². The average molecular weight is 330 g/mol. The fourth-order valence-electron chi connectivity index (χ4n) is 1.88. The van der Waals surface area contributed by atoms with Crippen LogP contribution >= 0.6 is 22.9 Å². The van der Waals surface area contributed by atoms with Gasteiger partial charge in [0.1, 0.15) is 0 Å². The largest absolute Gasteiger partial charge is 0.324 e. The van der Waals surface area contributed by atoms with Crippen LogP contribution in [-0.4, -0.2) is 11.0 Å². The minimum absolute atomic E-state index is 0.331. The zero-order valence-electron chi connectivity index (χ0n) is 11.4. The van der Waals surface area contributed by atoms with E-state index in [1.54, 1.807) is 18.3 Å². The van der Waals surface area contributed by atoms with Gasteiger partial charge in [-0.3, -0.25) is 10.3 Å². The molecule has 110 valence electrons. The highest BCUT2D eigenvalue weighted by molar-refractivity contribution is 7.19. The van der Waals surface area contributed by atoms with E-state index in [0.717, 1.165) is 15.6 Å². The van der Waals surface area contributed by atoms with Gasteiger partial charge < -0.3 is 5.32 Å². The molecule has 0 aliphatic rings. The maximum atomic E-state index is 12.0. The molecule has 0 saturated carbocycles. The lowest BCUT2D eigenvalue weighted by atomic mass is 10.3. The number of nitrogens with one attached hydrogen (secondary N) is 2. The predicted octanol–water partition coefficient (Wildman–Crippen LogP) is 5.11. The summed E-state index contributed by atoms with van der Waals surface area (Å²) >= 11 is 7.47. The van der Waals surface area contributed by atoms with Gasteiger partial charge in [-0.15, -0.1) is 11.3 Å². The molecule has 2 heterocycles. The van der Waals surface area contributed by atoms with Crippen molar-refractivity contribution in [2.45, 2.75) is 0 Å². The van der Waals surface area contributed by atoms with Crippen molar-refractivity contribution >= 4 is 39.7 Å². The molecule has 2 N–H and O–H groups in total. The van der Waals surface area contributed by atoms with E-state index >= 15 is 0 Å². The summed E-state index contributed by atoms with van der Waals surface area (Å²) in [6.07, 6.45) is 1.74. The maximum Gasteiger partial charge on any atom is 0.324 e. The number of carbonyl (C=O) groups is 1. The first-order chi connectivity index (χ1) is 10.7. The van der Waals surface area contributed by atoms with Crippen molar-refractivity contribution in [1.82, 2.24) is 4.98 Å². The molecule has 0 aliphatic carbocycles. The number of aromatic nitrogens is 1. The Morgan fingerprint density at radius 1 is 1.00 bits per heavy atom. The third kappa shape index (κ3) is 3.44. The summed E-state index contributed by atoms with van der Waals surface area (Å²) in [5, 5.41) is 6.75. The SMILES string of the molecule is O=C(Nc1ccc(-c2ccccn2)s1)Nc1ccccc1Cl. The summed E-state index contributed by atoms with van der Waals surface area (Å²) in [6, 6.07) is 16.3. The van der Waals surface area contributed by atoms with Crippen LogP contribution in [0.5, 0.6) is 0 Å². The molecular weight excluding hydrogens is 318 g/mol. The van der Waals surface area contributed by atoms with Gasteiger partial charge in [0.2, 0.25) is 0 Å². The molecule has 0 spiro atoms. The quantitative estimate of drug-likeness (QED) is 0.701. The fourth-order valence-corrected chi connectivity index (χ4v) is 2.94. The number of amides is 2. The number of benzene rings is 1. The van der Waals surface area contributed by atoms with Crippen LogP contribution in [0.25, 0.3) is 10.6 Å². The molecular formula is C16H12ClN3OS. The monoisotopic (exact) mass is 329 g/mol. The van der Waals surface area contributed by atoms with Gasteiger partial charge >= 0.3 is 6.03 Å². The van der Waals surface area contributed by atoms with Gasteiger partial charge in [-0.05, 0) is 36.4 Å². The molecule has 0 fully saturated rings. The maximum absolute atomic E-state index is 12.0. The Kier molecular flexibility index (Phi) is 4.37. The Morgan fingerprint density at radius 3 is 2.59 bits per heavy atom. The summed E-state index contributed by atoms with van der Waals surface area (Å²) in [6.45, 7) is 0. The van der Waals surface area contributed by atoms with Gasteiger partial charge in [0.15, 0.2) is 0 Å². The smallest absolute Gasteiger partial charge is 0.306 e. The van der Waals surface area contributed by atoms with E-state index in [4.69, 9.17) is 11.6 Å². The molecule has 0 atom stereocenters. The molecule has 1 aromatic carbocycles. The summed E-state index contributed by atoms with van der Waals surface area (Å²) in [5.74, 6) is 0. The van der Waals surface area contributed by atoms with Crippen molar-refractivity contribution in [3.8, 4) is 10.6 Å². The number of hydrogen-bond acceptors (Lipinski definition) is 3. The van der Waals surface area contributed by atoms with Crippen molar-refractivity contribution < 1.29 is 4.79 Å². The number of urea groups is 1. The van der Waals surface area contributed by atoms with Crippen LogP contribution < -0.4 is 10.6 Å². The number of para-hydroxylation sites is 1. The van der Waals surface area contributed by atoms with Crippen molar-refractivity contribution in [3.05, 3.63) is 65.8 Å². The average Bonchev–Trinajstić information content (AvgIpc) is 2.99. The van der Waals surface area contributed by atoms with E-state index < -0.39 is 0 Å². The highest BCUT2D eigenvalue weighted by Crippen LogP contribution is 2.30. The first kappa shape index (κ1) is 14.6. The molecule has 6 heteroatoms. The highest BCUT2D eigenvalue weighted by Gasteiger charge is 2.08. The Morgan fingerprint density at radius 2 is 1.82 bits per heavy atom. The first-order valence-electron chi connectivity index (χ1n) is 6.56. The zero-order chi connectivity index (χ0) is 15.4. The topological polar surface area (TPSA) is 54.0 Å². The molecule has 0 unspecified atom stereocenters. The number of hydrogen-bond donors (Lipinski definition) is 2. The Labute approximate surface area is 136 Å². The third-order valence-electron chi connectivity index (χ3n) is 2.88. The highest BCUT2D eigenvalue weighted by atomic mass is 35.5. The summed E-state index contributed by atoms with van der Waals surface area (Å²) in [4.78, 5) is 17.3. The molecule has 3 aromatic rings. The van der Waals surface area contributed by atoms with E-state index in [9.17, 15) is 4.79 Å². The molecule has 0 radical (unpaired) electrons. The summed E-state index contributed by atoms with van der Waals surface area (Å²) < 4.78 is 0. The standard InChI is InChI=1S/C16H12ClN3OS/c17-11-5-1-2-6-12(11)19-16(21)20-15-9-8-14(22-15)13-7-3-4-10-18-13/h1-10H,(H2,19,20,21). The van der Waals surface area contributed by atoms with Gasteiger partial charge in [0.05, 0.1) is 26.3 Å².